The van der Waals surface area contributed by atoms with E-state index < -0.39 is 10.0 Å². The van der Waals surface area contributed by atoms with Gasteiger partial charge in [0.2, 0.25) is 10.0 Å². The van der Waals surface area contributed by atoms with Gasteiger partial charge in [-0.05, 0) is 43.6 Å². The Balaban J connectivity index is 1.95. The van der Waals surface area contributed by atoms with Gasteiger partial charge in [0.25, 0.3) is 0 Å². The highest BCUT2D eigenvalue weighted by Crippen LogP contribution is 2.28. The fourth-order valence-electron chi connectivity index (χ4n) is 3.49. The van der Waals surface area contributed by atoms with E-state index in [1.807, 2.05) is 36.4 Å². The maximum absolute atomic E-state index is 12.8. The molecule has 0 N–H and O–H groups in total. The first-order valence-electron chi connectivity index (χ1n) is 8.82. The number of likely N-dealkylation sites (tertiary alicyclic amines) is 1. The summed E-state index contributed by atoms with van der Waals surface area (Å²) in [5, 5.41) is 0. The first kappa shape index (κ1) is 18.1. The minimum absolute atomic E-state index is 0.0544. The van der Waals surface area contributed by atoms with Gasteiger partial charge in [0, 0.05) is 19.1 Å². The minimum Gasteiger partial charge on any atom is -0.305 e. The summed E-state index contributed by atoms with van der Waals surface area (Å²) in [6.07, 6.45) is 0.892. The Morgan fingerprint density at radius 1 is 1.08 bits per heavy atom. The summed E-state index contributed by atoms with van der Waals surface area (Å²) in [6, 6.07) is 18.3. The van der Waals surface area contributed by atoms with E-state index in [4.69, 9.17) is 0 Å². The van der Waals surface area contributed by atoms with Crippen molar-refractivity contribution in [3.05, 3.63) is 60.2 Å². The molecule has 0 spiro atoms. The van der Waals surface area contributed by atoms with E-state index in [1.165, 1.54) is 0 Å². The van der Waals surface area contributed by atoms with Gasteiger partial charge in [-0.2, -0.15) is 4.31 Å². The van der Waals surface area contributed by atoms with Crippen molar-refractivity contribution in [2.75, 3.05) is 25.9 Å². The normalized spacial score (nSPS) is 18.8. The van der Waals surface area contributed by atoms with Crippen LogP contribution in [-0.2, 0) is 16.6 Å². The van der Waals surface area contributed by atoms with Crippen LogP contribution in [0.5, 0.6) is 0 Å². The summed E-state index contributed by atoms with van der Waals surface area (Å²) in [7, 11) is -1.21. The number of hydrogen-bond acceptors (Lipinski definition) is 3. The molecule has 0 aromatic heterocycles. The lowest BCUT2D eigenvalue weighted by molar-refractivity contribution is 0.304. The zero-order valence-corrected chi connectivity index (χ0v) is 15.7. The Morgan fingerprint density at radius 3 is 2.40 bits per heavy atom. The van der Waals surface area contributed by atoms with E-state index >= 15 is 0 Å². The van der Waals surface area contributed by atoms with Crippen molar-refractivity contribution in [2.45, 2.75) is 25.9 Å². The summed E-state index contributed by atoms with van der Waals surface area (Å²) < 4.78 is 27.2. The van der Waals surface area contributed by atoms with Crippen LogP contribution in [0.4, 0.5) is 0 Å². The number of likely N-dealkylation sites (N-methyl/N-ethyl adjacent to an activating group) is 1. The minimum atomic E-state index is -3.26. The molecule has 1 aliphatic heterocycles. The molecule has 2 aromatic rings. The zero-order valence-electron chi connectivity index (χ0n) is 14.9. The molecule has 1 aliphatic rings. The number of sulfonamides is 1. The molecule has 1 atom stereocenters. The Morgan fingerprint density at radius 2 is 1.76 bits per heavy atom. The molecule has 0 unspecified atom stereocenters. The monoisotopic (exact) mass is 358 g/mol. The van der Waals surface area contributed by atoms with Crippen LogP contribution in [0, 0.1) is 0 Å². The molecule has 0 saturated carbocycles. The highest BCUT2D eigenvalue weighted by Gasteiger charge is 2.33. The van der Waals surface area contributed by atoms with Gasteiger partial charge in [0.1, 0.15) is 0 Å². The van der Waals surface area contributed by atoms with E-state index in [2.05, 4.69) is 30.1 Å². The lowest BCUT2D eigenvalue weighted by Crippen LogP contribution is -2.42. The third-order valence-electron chi connectivity index (χ3n) is 4.92. The highest BCUT2D eigenvalue weighted by molar-refractivity contribution is 7.89. The maximum atomic E-state index is 12.8. The number of benzene rings is 2. The second-order valence-corrected chi connectivity index (χ2v) is 8.88. The maximum Gasteiger partial charge on any atom is 0.214 e. The summed E-state index contributed by atoms with van der Waals surface area (Å²) in [6.45, 7) is 3.90. The summed E-state index contributed by atoms with van der Waals surface area (Å²) in [5.41, 5.74) is 3.28. The molecule has 0 radical (unpaired) electrons. The van der Waals surface area contributed by atoms with E-state index in [0.717, 1.165) is 36.2 Å². The third kappa shape index (κ3) is 4.11. The van der Waals surface area contributed by atoms with Crippen molar-refractivity contribution in [1.29, 1.82) is 0 Å². The average molecular weight is 359 g/mol. The van der Waals surface area contributed by atoms with Crippen LogP contribution in [0.25, 0.3) is 11.1 Å². The van der Waals surface area contributed by atoms with Gasteiger partial charge in [0.15, 0.2) is 0 Å². The van der Waals surface area contributed by atoms with Gasteiger partial charge < -0.3 is 4.90 Å². The second-order valence-electron chi connectivity index (χ2n) is 6.67. The van der Waals surface area contributed by atoms with Crippen LogP contribution in [0.1, 0.15) is 18.9 Å². The van der Waals surface area contributed by atoms with E-state index in [-0.39, 0.29) is 11.8 Å². The van der Waals surface area contributed by atoms with Crippen LogP contribution in [0.3, 0.4) is 0 Å². The van der Waals surface area contributed by atoms with Gasteiger partial charge >= 0.3 is 0 Å². The molecule has 1 heterocycles. The molecule has 4 nitrogen and oxygen atoms in total. The first-order chi connectivity index (χ1) is 12.0. The molecule has 0 aliphatic carbocycles. The molecule has 0 bridgehead atoms. The Hall–Kier alpha value is -1.69. The predicted octanol–water partition coefficient (Wildman–Crippen LogP) is 3.21. The Bertz CT molecular complexity index is 805. The predicted molar refractivity (Wildman–Crippen MR) is 103 cm³/mol. The molecule has 1 saturated heterocycles. The van der Waals surface area contributed by atoms with Crippen molar-refractivity contribution >= 4 is 10.0 Å². The zero-order chi connectivity index (χ0) is 17.9. The van der Waals surface area contributed by atoms with Crippen LogP contribution < -0.4 is 0 Å². The van der Waals surface area contributed by atoms with Crippen LogP contribution in [0.2, 0.25) is 0 Å². The quantitative estimate of drug-likeness (QED) is 0.796. The topological polar surface area (TPSA) is 40.6 Å². The van der Waals surface area contributed by atoms with Gasteiger partial charge in [-0.3, -0.25) is 0 Å². The first-order valence-corrected chi connectivity index (χ1v) is 10.4. The molecule has 5 heteroatoms. The molecule has 2 aromatic carbocycles. The number of rotatable bonds is 6. The van der Waals surface area contributed by atoms with Gasteiger partial charge in [-0.1, -0.05) is 54.6 Å². The molecular formula is C20H26N2O2S. The number of nitrogens with zero attached hydrogens (tertiary/aromatic N) is 2. The summed E-state index contributed by atoms with van der Waals surface area (Å²) >= 11 is 0. The molecule has 25 heavy (non-hydrogen) atoms. The molecule has 1 fully saturated rings. The third-order valence-corrected chi connectivity index (χ3v) is 6.80. The van der Waals surface area contributed by atoms with E-state index in [9.17, 15) is 8.42 Å². The van der Waals surface area contributed by atoms with Gasteiger partial charge in [-0.25, -0.2) is 8.42 Å². The Labute approximate surface area is 151 Å². The lowest BCUT2D eigenvalue weighted by atomic mass is 9.99. The Kier molecular flexibility index (Phi) is 5.57. The average Bonchev–Trinajstić information content (AvgIpc) is 3.06. The van der Waals surface area contributed by atoms with Crippen molar-refractivity contribution in [3.63, 3.8) is 0 Å². The highest BCUT2D eigenvalue weighted by atomic mass is 32.2. The van der Waals surface area contributed by atoms with Crippen LogP contribution >= 0.6 is 0 Å². The van der Waals surface area contributed by atoms with Crippen LogP contribution in [-0.4, -0.2) is 49.6 Å². The van der Waals surface area contributed by atoms with Gasteiger partial charge in [-0.15, -0.1) is 0 Å². The standard InChI is InChI=1S/C20H26N2O2S/c1-3-25(23,24)22(19-13-14-21(2)16-19)15-18-11-7-8-12-20(18)17-9-5-4-6-10-17/h4-12,19H,3,13-16H2,1-2H3/t19-/m0/s1. The van der Waals surface area contributed by atoms with E-state index in [0.29, 0.717) is 6.54 Å². The summed E-state index contributed by atoms with van der Waals surface area (Å²) in [5.74, 6) is 0.140. The fourth-order valence-corrected chi connectivity index (χ4v) is 4.79. The lowest BCUT2D eigenvalue weighted by Gasteiger charge is -2.28. The SMILES string of the molecule is CCS(=O)(=O)N(Cc1ccccc1-c1ccccc1)[C@H]1CCN(C)C1. The molecule has 0 amide bonds. The van der Waals surface area contributed by atoms with E-state index in [1.54, 1.807) is 11.2 Å². The van der Waals surface area contributed by atoms with Crippen molar-refractivity contribution < 1.29 is 8.42 Å². The second kappa shape index (κ2) is 7.68. The van der Waals surface area contributed by atoms with Crippen molar-refractivity contribution in [3.8, 4) is 11.1 Å². The van der Waals surface area contributed by atoms with Crippen molar-refractivity contribution in [2.24, 2.45) is 0 Å². The molecular weight excluding hydrogens is 332 g/mol. The van der Waals surface area contributed by atoms with Gasteiger partial charge in [0.05, 0.1) is 5.75 Å². The smallest absolute Gasteiger partial charge is 0.214 e. The molecule has 3 rings (SSSR count). The molecule has 134 valence electrons. The van der Waals surface area contributed by atoms with Crippen molar-refractivity contribution in [1.82, 2.24) is 9.21 Å². The van der Waals surface area contributed by atoms with Crippen LogP contribution in [0.15, 0.2) is 54.6 Å². The fraction of sp³-hybridized carbons (Fsp3) is 0.400. The summed E-state index contributed by atoms with van der Waals surface area (Å²) in [4.78, 5) is 2.20. The largest absolute Gasteiger partial charge is 0.305 e. The number of hydrogen-bond donors (Lipinski definition) is 0.